The van der Waals surface area contributed by atoms with E-state index in [1.54, 1.807) is 0 Å². The molecule has 0 aromatic heterocycles. The van der Waals surface area contributed by atoms with E-state index in [1.165, 1.54) is 0 Å². The van der Waals surface area contributed by atoms with Crippen LogP contribution >= 0.6 is 0 Å². The number of hydrogen-bond donors (Lipinski definition) is 3. The standard InChI is InChI=1S/C9H18N2O5S/c1-6(2)4-10-8(12)5-11-17(15,16)7(3)9(13)14/h6-7,11H,4-5H2,1-3H3,(H,10,12)(H,13,14). The van der Waals surface area contributed by atoms with E-state index in [4.69, 9.17) is 5.11 Å². The summed E-state index contributed by atoms with van der Waals surface area (Å²) >= 11 is 0. The number of rotatable bonds is 7. The van der Waals surface area contributed by atoms with Crippen LogP contribution in [0.15, 0.2) is 0 Å². The van der Waals surface area contributed by atoms with Crippen LogP contribution < -0.4 is 10.0 Å². The molecule has 1 amide bonds. The minimum absolute atomic E-state index is 0.258. The zero-order valence-corrected chi connectivity index (χ0v) is 10.9. The van der Waals surface area contributed by atoms with Crippen LogP contribution in [0, 0.1) is 5.92 Å². The molecule has 0 aromatic rings. The molecule has 0 saturated heterocycles. The van der Waals surface area contributed by atoms with Gasteiger partial charge in [-0.15, -0.1) is 0 Å². The first kappa shape index (κ1) is 15.9. The largest absolute Gasteiger partial charge is 0.480 e. The fourth-order valence-corrected chi connectivity index (χ4v) is 1.65. The van der Waals surface area contributed by atoms with Crippen molar-refractivity contribution in [2.75, 3.05) is 13.1 Å². The van der Waals surface area contributed by atoms with Gasteiger partial charge in [-0.05, 0) is 12.8 Å². The van der Waals surface area contributed by atoms with Crippen LogP contribution in [0.4, 0.5) is 0 Å². The van der Waals surface area contributed by atoms with Crippen LogP contribution in [0.2, 0.25) is 0 Å². The van der Waals surface area contributed by atoms with Crippen molar-refractivity contribution in [2.45, 2.75) is 26.0 Å². The van der Waals surface area contributed by atoms with E-state index in [9.17, 15) is 18.0 Å². The second kappa shape index (κ2) is 6.55. The molecule has 0 saturated carbocycles. The SMILES string of the molecule is CC(C)CNC(=O)CNS(=O)(=O)C(C)C(=O)O. The first-order chi connectivity index (χ1) is 7.66. The van der Waals surface area contributed by atoms with Crippen LogP contribution in [0.5, 0.6) is 0 Å². The molecule has 0 aliphatic heterocycles. The number of carboxylic acid groups (broad SMARTS) is 1. The van der Waals surface area contributed by atoms with Crippen molar-refractivity contribution in [1.29, 1.82) is 0 Å². The number of nitrogens with one attached hydrogen (secondary N) is 2. The van der Waals surface area contributed by atoms with E-state index < -0.39 is 33.7 Å². The molecule has 0 heterocycles. The molecule has 3 N–H and O–H groups in total. The van der Waals surface area contributed by atoms with E-state index in [-0.39, 0.29) is 5.92 Å². The normalized spacial score (nSPS) is 13.4. The van der Waals surface area contributed by atoms with Crippen molar-refractivity contribution in [2.24, 2.45) is 5.92 Å². The maximum atomic E-state index is 11.3. The predicted molar refractivity (Wildman–Crippen MR) is 61.9 cm³/mol. The van der Waals surface area contributed by atoms with Crippen LogP contribution in [0.1, 0.15) is 20.8 Å². The minimum atomic E-state index is -4.00. The van der Waals surface area contributed by atoms with Crippen molar-refractivity contribution in [3.05, 3.63) is 0 Å². The lowest BCUT2D eigenvalue weighted by Crippen LogP contribution is -2.43. The van der Waals surface area contributed by atoms with Crippen molar-refractivity contribution < 1.29 is 23.1 Å². The van der Waals surface area contributed by atoms with Gasteiger partial charge in [-0.25, -0.2) is 13.1 Å². The molecule has 0 aliphatic rings. The lowest BCUT2D eigenvalue weighted by molar-refractivity contribution is -0.136. The van der Waals surface area contributed by atoms with Gasteiger partial charge < -0.3 is 10.4 Å². The van der Waals surface area contributed by atoms with Gasteiger partial charge in [0.2, 0.25) is 15.9 Å². The Bertz CT molecular complexity index is 377. The molecule has 1 atom stereocenters. The quantitative estimate of drug-likeness (QED) is 0.555. The summed E-state index contributed by atoms with van der Waals surface area (Å²) in [4.78, 5) is 21.7. The zero-order valence-electron chi connectivity index (χ0n) is 10.1. The van der Waals surface area contributed by atoms with Gasteiger partial charge in [-0.3, -0.25) is 9.59 Å². The first-order valence-corrected chi connectivity index (χ1v) is 6.69. The molecular formula is C9H18N2O5S. The number of carbonyl (C=O) groups is 2. The number of carboxylic acids is 1. The number of carbonyl (C=O) groups excluding carboxylic acids is 1. The minimum Gasteiger partial charge on any atom is -0.480 e. The van der Waals surface area contributed by atoms with Gasteiger partial charge in [0, 0.05) is 6.54 Å². The Balaban J connectivity index is 4.19. The molecule has 8 heteroatoms. The van der Waals surface area contributed by atoms with E-state index in [0.29, 0.717) is 6.54 Å². The van der Waals surface area contributed by atoms with E-state index >= 15 is 0 Å². The molecule has 0 spiro atoms. The van der Waals surface area contributed by atoms with Crippen LogP contribution in [0.3, 0.4) is 0 Å². The Morgan fingerprint density at radius 2 is 1.76 bits per heavy atom. The average molecular weight is 266 g/mol. The van der Waals surface area contributed by atoms with Gasteiger partial charge in [-0.1, -0.05) is 13.8 Å². The summed E-state index contributed by atoms with van der Waals surface area (Å²) < 4.78 is 24.6. The van der Waals surface area contributed by atoms with Gasteiger partial charge in [0.1, 0.15) is 0 Å². The third kappa shape index (κ3) is 6.22. The predicted octanol–water partition coefficient (Wildman–Crippen LogP) is -0.849. The molecule has 0 radical (unpaired) electrons. The molecule has 7 nitrogen and oxygen atoms in total. The number of sulfonamides is 1. The van der Waals surface area contributed by atoms with Gasteiger partial charge in [0.05, 0.1) is 6.54 Å². The van der Waals surface area contributed by atoms with Crippen molar-refractivity contribution >= 4 is 21.9 Å². The Labute approximate surface area is 101 Å². The van der Waals surface area contributed by atoms with Crippen molar-refractivity contribution in [3.8, 4) is 0 Å². The lowest BCUT2D eigenvalue weighted by atomic mass is 10.2. The van der Waals surface area contributed by atoms with Crippen molar-refractivity contribution in [1.82, 2.24) is 10.0 Å². The maximum Gasteiger partial charge on any atom is 0.323 e. The van der Waals surface area contributed by atoms with Gasteiger partial charge in [0.15, 0.2) is 5.25 Å². The third-order valence-electron chi connectivity index (χ3n) is 1.95. The lowest BCUT2D eigenvalue weighted by Gasteiger charge is -2.11. The Morgan fingerprint density at radius 3 is 2.18 bits per heavy atom. The van der Waals surface area contributed by atoms with E-state index in [2.05, 4.69) is 5.32 Å². The highest BCUT2D eigenvalue weighted by Crippen LogP contribution is 1.97. The Kier molecular flexibility index (Phi) is 6.11. The highest BCUT2D eigenvalue weighted by molar-refractivity contribution is 7.90. The fourth-order valence-electron chi connectivity index (χ4n) is 0.804. The Hall–Kier alpha value is -1.15. The summed E-state index contributed by atoms with van der Waals surface area (Å²) in [5, 5.41) is 9.47. The fraction of sp³-hybridized carbons (Fsp3) is 0.778. The molecular weight excluding hydrogens is 248 g/mol. The summed E-state index contributed by atoms with van der Waals surface area (Å²) in [6.07, 6.45) is 0. The van der Waals surface area contributed by atoms with Gasteiger partial charge >= 0.3 is 5.97 Å². The van der Waals surface area contributed by atoms with Gasteiger partial charge in [-0.2, -0.15) is 0 Å². The molecule has 0 bridgehead atoms. The summed E-state index contributed by atoms with van der Waals surface area (Å²) in [7, 11) is -4.00. The summed E-state index contributed by atoms with van der Waals surface area (Å²) in [6.45, 7) is 4.83. The van der Waals surface area contributed by atoms with Crippen LogP contribution in [0.25, 0.3) is 0 Å². The van der Waals surface area contributed by atoms with E-state index in [1.807, 2.05) is 18.6 Å². The summed E-state index contributed by atoms with van der Waals surface area (Å²) in [6, 6.07) is 0. The first-order valence-electron chi connectivity index (χ1n) is 5.14. The molecule has 0 aliphatic carbocycles. The Morgan fingerprint density at radius 1 is 1.24 bits per heavy atom. The second-order valence-corrected chi connectivity index (χ2v) is 6.13. The average Bonchev–Trinajstić information content (AvgIpc) is 2.22. The molecule has 0 aromatic carbocycles. The highest BCUT2D eigenvalue weighted by Gasteiger charge is 2.27. The van der Waals surface area contributed by atoms with Crippen LogP contribution in [-0.2, 0) is 19.6 Å². The smallest absolute Gasteiger partial charge is 0.323 e. The van der Waals surface area contributed by atoms with E-state index in [0.717, 1.165) is 6.92 Å². The summed E-state index contributed by atoms with van der Waals surface area (Å²) in [5.74, 6) is -1.69. The van der Waals surface area contributed by atoms with Gasteiger partial charge in [0.25, 0.3) is 0 Å². The number of aliphatic carboxylic acids is 1. The number of amides is 1. The summed E-state index contributed by atoms with van der Waals surface area (Å²) in [5.41, 5.74) is 0. The topological polar surface area (TPSA) is 113 Å². The zero-order chi connectivity index (χ0) is 13.6. The molecule has 0 fully saturated rings. The maximum absolute atomic E-state index is 11.3. The third-order valence-corrected chi connectivity index (χ3v) is 3.63. The highest BCUT2D eigenvalue weighted by atomic mass is 32.2. The molecule has 0 rings (SSSR count). The second-order valence-electron chi connectivity index (χ2n) is 4.04. The molecule has 1 unspecified atom stereocenters. The molecule has 17 heavy (non-hydrogen) atoms. The molecule has 100 valence electrons. The van der Waals surface area contributed by atoms with Crippen LogP contribution in [-0.4, -0.2) is 43.7 Å². The number of hydrogen-bond acceptors (Lipinski definition) is 4. The monoisotopic (exact) mass is 266 g/mol. The van der Waals surface area contributed by atoms with Crippen molar-refractivity contribution in [3.63, 3.8) is 0 Å².